The molecular formula is C31H34F6O11S2. The first-order chi connectivity index (χ1) is 23.4. The summed E-state index contributed by atoms with van der Waals surface area (Å²) in [6.45, 7) is -0.624. The zero-order valence-electron chi connectivity index (χ0n) is 26.2. The fourth-order valence-corrected chi connectivity index (χ4v) is 5.01. The predicted octanol–water partition coefficient (Wildman–Crippen LogP) is 5.62. The maximum absolute atomic E-state index is 13.2. The lowest BCUT2D eigenvalue weighted by Gasteiger charge is -2.45. The first-order valence-corrected chi connectivity index (χ1v) is 17.4. The van der Waals surface area contributed by atoms with Crippen molar-refractivity contribution >= 4 is 20.2 Å². The lowest BCUT2D eigenvalue weighted by Crippen LogP contribution is -2.59. The third-order valence-electron chi connectivity index (χ3n) is 6.99. The van der Waals surface area contributed by atoms with Gasteiger partial charge in [0.25, 0.3) is 0 Å². The van der Waals surface area contributed by atoms with E-state index in [0.717, 1.165) is 16.7 Å². The van der Waals surface area contributed by atoms with Gasteiger partial charge in [0.05, 0.1) is 45.2 Å². The average Bonchev–Trinajstić information content (AvgIpc) is 3.06. The average molecular weight is 761 g/mol. The standard InChI is InChI=1S/C30H33F3O8S.CHF3O3S/c1-36-29-28(39-19-24-15-9-4-10-16-24)27(38-18-23-13-7-3-8-14-23)25(20-40-42(34,35)30(31,32)33)26(41-29)21-37-17-22-11-5-2-6-12-22;2-1(3,4)8(5,6)7/h2-16,25-29H,17-21H2,1H3;(H,5,6,7)/t25-,26-,27+,28-,29+;/m1./s1. The molecule has 1 aliphatic rings. The summed E-state index contributed by atoms with van der Waals surface area (Å²) in [7, 11) is -10.3. The van der Waals surface area contributed by atoms with Crippen LogP contribution in [0.2, 0.25) is 0 Å². The van der Waals surface area contributed by atoms with Crippen molar-refractivity contribution in [2.75, 3.05) is 20.3 Å². The molecule has 3 aromatic carbocycles. The molecule has 0 saturated carbocycles. The second kappa shape index (κ2) is 18.4. The minimum Gasteiger partial charge on any atom is -0.374 e. The van der Waals surface area contributed by atoms with Gasteiger partial charge in [-0.3, -0.25) is 8.74 Å². The van der Waals surface area contributed by atoms with Gasteiger partial charge in [0, 0.05) is 13.0 Å². The van der Waals surface area contributed by atoms with Gasteiger partial charge in [-0.1, -0.05) is 91.0 Å². The maximum Gasteiger partial charge on any atom is 0.523 e. The van der Waals surface area contributed by atoms with Crippen molar-refractivity contribution in [3.05, 3.63) is 108 Å². The van der Waals surface area contributed by atoms with E-state index in [1.807, 2.05) is 91.0 Å². The zero-order chi connectivity index (χ0) is 37.0. The molecule has 1 fully saturated rings. The fourth-order valence-electron chi connectivity index (χ4n) is 4.54. The highest BCUT2D eigenvalue weighted by molar-refractivity contribution is 7.87. The summed E-state index contributed by atoms with van der Waals surface area (Å²) in [5.74, 6) is -1.05. The van der Waals surface area contributed by atoms with Crippen LogP contribution in [0.15, 0.2) is 91.0 Å². The van der Waals surface area contributed by atoms with E-state index >= 15 is 0 Å². The number of hydrogen-bond acceptors (Lipinski definition) is 10. The van der Waals surface area contributed by atoms with Crippen LogP contribution in [0.25, 0.3) is 0 Å². The molecule has 0 radical (unpaired) electrons. The zero-order valence-corrected chi connectivity index (χ0v) is 27.8. The van der Waals surface area contributed by atoms with Crippen LogP contribution in [0.3, 0.4) is 0 Å². The van der Waals surface area contributed by atoms with Crippen LogP contribution in [-0.4, -0.2) is 77.3 Å². The van der Waals surface area contributed by atoms with E-state index in [0.29, 0.717) is 0 Å². The highest BCUT2D eigenvalue weighted by atomic mass is 32.2. The van der Waals surface area contributed by atoms with Crippen LogP contribution < -0.4 is 0 Å². The van der Waals surface area contributed by atoms with E-state index < -0.39 is 68.4 Å². The van der Waals surface area contributed by atoms with Gasteiger partial charge in [-0.05, 0) is 16.7 Å². The molecular weight excluding hydrogens is 726 g/mol. The van der Waals surface area contributed by atoms with Crippen LogP contribution in [0.5, 0.6) is 0 Å². The van der Waals surface area contributed by atoms with Crippen LogP contribution in [0.1, 0.15) is 16.7 Å². The quantitative estimate of drug-likeness (QED) is 0.0947. The Morgan fingerprint density at radius 1 is 0.660 bits per heavy atom. The molecule has 1 heterocycles. The number of methoxy groups -OCH3 is 1. The first-order valence-electron chi connectivity index (χ1n) is 14.5. The van der Waals surface area contributed by atoms with Gasteiger partial charge in [0.1, 0.15) is 6.10 Å². The van der Waals surface area contributed by atoms with E-state index in [-0.39, 0.29) is 26.4 Å². The van der Waals surface area contributed by atoms with E-state index in [2.05, 4.69) is 4.18 Å². The molecule has 50 heavy (non-hydrogen) atoms. The van der Waals surface area contributed by atoms with Crippen LogP contribution in [-0.2, 0) is 67.9 Å². The number of hydrogen-bond donors (Lipinski definition) is 1. The molecule has 0 aliphatic carbocycles. The Balaban J connectivity index is 0.000000753. The molecule has 4 rings (SSSR count). The largest absolute Gasteiger partial charge is 0.523 e. The number of benzene rings is 3. The lowest BCUT2D eigenvalue weighted by molar-refractivity contribution is -0.307. The topological polar surface area (TPSA) is 144 Å². The van der Waals surface area contributed by atoms with Crippen molar-refractivity contribution in [2.24, 2.45) is 5.92 Å². The second-order valence-corrected chi connectivity index (χ2v) is 13.6. The minimum absolute atomic E-state index is 0.0627. The second-order valence-electron chi connectivity index (χ2n) is 10.6. The van der Waals surface area contributed by atoms with Crippen molar-refractivity contribution in [2.45, 2.75) is 55.4 Å². The molecule has 5 atom stereocenters. The molecule has 0 bridgehead atoms. The van der Waals surface area contributed by atoms with Gasteiger partial charge >= 0.3 is 31.3 Å². The number of alkyl halides is 6. The molecule has 11 nitrogen and oxygen atoms in total. The molecule has 278 valence electrons. The van der Waals surface area contributed by atoms with Crippen molar-refractivity contribution in [3.8, 4) is 0 Å². The molecule has 0 spiro atoms. The summed E-state index contributed by atoms with van der Waals surface area (Å²) in [5.41, 5.74) is -8.65. The molecule has 0 aromatic heterocycles. The van der Waals surface area contributed by atoms with E-state index in [9.17, 15) is 34.8 Å². The summed E-state index contributed by atoms with van der Waals surface area (Å²) in [4.78, 5) is 0. The monoisotopic (exact) mass is 760 g/mol. The Labute approximate surface area is 284 Å². The predicted molar refractivity (Wildman–Crippen MR) is 164 cm³/mol. The van der Waals surface area contributed by atoms with Gasteiger partial charge in [0.15, 0.2) is 6.29 Å². The number of ether oxygens (including phenoxy) is 5. The molecule has 1 N–H and O–H groups in total. The highest BCUT2D eigenvalue weighted by Crippen LogP contribution is 2.35. The molecule has 3 aromatic rings. The minimum atomic E-state index is -5.89. The van der Waals surface area contributed by atoms with E-state index in [1.165, 1.54) is 7.11 Å². The first kappa shape index (κ1) is 41.3. The van der Waals surface area contributed by atoms with Gasteiger partial charge in [-0.2, -0.15) is 43.2 Å². The Bertz CT molecular complexity index is 1650. The molecule has 1 saturated heterocycles. The summed E-state index contributed by atoms with van der Waals surface area (Å²) in [6, 6.07) is 27.6. The summed E-state index contributed by atoms with van der Waals surface area (Å²) >= 11 is 0. The SMILES string of the molecule is CO[C@H]1O[C@H](COCc2ccccc2)[C@@H](COS(=O)(=O)C(F)(F)F)[C@H](OCc2ccccc2)[C@H]1OCc1ccccc1.O=S(=O)(O)C(F)(F)F. The Morgan fingerprint density at radius 3 is 1.48 bits per heavy atom. The Morgan fingerprint density at radius 2 is 1.08 bits per heavy atom. The highest BCUT2D eigenvalue weighted by Gasteiger charge is 2.52. The molecule has 0 amide bonds. The summed E-state index contributed by atoms with van der Waals surface area (Å²) in [5, 5.41) is 0. The van der Waals surface area contributed by atoms with E-state index in [1.54, 1.807) is 0 Å². The maximum atomic E-state index is 13.2. The Kier molecular flexibility index (Phi) is 15.2. The third-order valence-corrected chi connectivity index (χ3v) is 8.59. The summed E-state index contributed by atoms with van der Waals surface area (Å²) in [6.07, 6.45) is -3.91. The van der Waals surface area contributed by atoms with E-state index in [4.69, 9.17) is 36.7 Å². The van der Waals surface area contributed by atoms with Crippen LogP contribution in [0, 0.1) is 5.92 Å². The van der Waals surface area contributed by atoms with Crippen LogP contribution >= 0.6 is 0 Å². The lowest BCUT2D eigenvalue weighted by atomic mass is 9.89. The normalized spacial score (nSPS) is 21.6. The van der Waals surface area contributed by atoms with Crippen molar-refractivity contribution in [3.63, 3.8) is 0 Å². The van der Waals surface area contributed by atoms with Crippen molar-refractivity contribution < 1.29 is 75.6 Å². The molecule has 0 unspecified atom stereocenters. The smallest absolute Gasteiger partial charge is 0.374 e. The summed E-state index contributed by atoms with van der Waals surface area (Å²) < 4.78 is 155. The number of rotatable bonds is 14. The molecule has 1 aliphatic heterocycles. The van der Waals surface area contributed by atoms with Crippen molar-refractivity contribution in [1.29, 1.82) is 0 Å². The van der Waals surface area contributed by atoms with Crippen molar-refractivity contribution in [1.82, 2.24) is 0 Å². The fraction of sp³-hybridized carbons (Fsp3) is 0.419. The number of halogens is 6. The molecule has 19 heteroatoms. The third kappa shape index (κ3) is 12.6. The van der Waals surface area contributed by atoms with Gasteiger partial charge in [0.2, 0.25) is 0 Å². The van der Waals surface area contributed by atoms with Crippen LogP contribution in [0.4, 0.5) is 26.3 Å². The van der Waals surface area contributed by atoms with Gasteiger partial charge < -0.3 is 23.7 Å². The van der Waals surface area contributed by atoms with Gasteiger partial charge in [-0.25, -0.2) is 0 Å². The Hall–Kier alpha value is -3.14. The van der Waals surface area contributed by atoms with Gasteiger partial charge in [-0.15, -0.1) is 0 Å².